The van der Waals surface area contributed by atoms with Crippen LogP contribution in [0.4, 0.5) is 5.69 Å². The van der Waals surface area contributed by atoms with Crippen LogP contribution in [-0.2, 0) is 4.79 Å². The van der Waals surface area contributed by atoms with Crippen LogP contribution < -0.4 is 16.4 Å². The van der Waals surface area contributed by atoms with Crippen LogP contribution >= 0.6 is 11.6 Å². The van der Waals surface area contributed by atoms with Gasteiger partial charge in [-0.25, -0.2) is 4.68 Å². The molecule has 1 aliphatic rings. The fraction of sp³-hybridized carbons (Fsp3) is 0.200. The van der Waals surface area contributed by atoms with Crippen molar-refractivity contribution in [1.82, 2.24) is 15.1 Å². The van der Waals surface area contributed by atoms with Crippen molar-refractivity contribution < 1.29 is 9.59 Å². The summed E-state index contributed by atoms with van der Waals surface area (Å²) in [6, 6.07) is 4.73. The van der Waals surface area contributed by atoms with Crippen molar-refractivity contribution in [3.63, 3.8) is 0 Å². The monoisotopic (exact) mass is 346 g/mol. The number of rotatable bonds is 5. The van der Waals surface area contributed by atoms with E-state index in [-0.39, 0.29) is 11.9 Å². The van der Waals surface area contributed by atoms with E-state index >= 15 is 0 Å². The third-order valence-corrected chi connectivity index (χ3v) is 4.01. The van der Waals surface area contributed by atoms with Gasteiger partial charge >= 0.3 is 0 Å². The highest BCUT2D eigenvalue weighted by molar-refractivity contribution is 6.32. The molecule has 0 saturated heterocycles. The van der Waals surface area contributed by atoms with Gasteiger partial charge in [0.1, 0.15) is 0 Å². The minimum absolute atomic E-state index is 0.150. The smallest absolute Gasteiger partial charge is 0.248 e. The molecule has 3 rings (SSSR count). The molecule has 0 radical (unpaired) electrons. The molecular weight excluding hydrogens is 332 g/mol. The van der Waals surface area contributed by atoms with Gasteiger partial charge in [0.05, 0.1) is 28.3 Å². The zero-order valence-corrected chi connectivity index (χ0v) is 13.3. The molecule has 1 saturated carbocycles. The standard InChI is InChI=1S/C15H15ClN6O2/c16-10-4-3-9(14(17)24)5-12(10)22-13(8-1-2-8)11(6-20-22)21-15(18)19-7-23/h3-8H,1-2H2,(H2,17,24)(H3,18,19,21,23). The Morgan fingerprint density at radius 3 is 2.83 bits per heavy atom. The van der Waals surface area contributed by atoms with E-state index in [9.17, 15) is 9.59 Å². The van der Waals surface area contributed by atoms with Crippen LogP contribution in [0.3, 0.4) is 0 Å². The number of anilines is 1. The molecular formula is C15H15ClN6O2. The fourth-order valence-electron chi connectivity index (χ4n) is 2.45. The minimum Gasteiger partial charge on any atom is -0.366 e. The number of carbonyl (C=O) groups excluding carboxylic acids is 2. The SMILES string of the molecule is N=C(NC=O)Nc1cnn(-c2cc(C(N)=O)ccc2Cl)c1C1CC1. The first-order chi connectivity index (χ1) is 11.5. The van der Waals surface area contributed by atoms with Gasteiger partial charge in [-0.1, -0.05) is 11.6 Å². The van der Waals surface area contributed by atoms with Crippen molar-refractivity contribution in [2.75, 3.05) is 5.32 Å². The molecule has 2 amide bonds. The molecule has 0 spiro atoms. The number of hydrogen-bond acceptors (Lipinski definition) is 4. The molecule has 9 heteroatoms. The first-order valence-corrected chi connectivity index (χ1v) is 7.62. The van der Waals surface area contributed by atoms with Crippen molar-refractivity contribution in [2.24, 2.45) is 5.73 Å². The largest absolute Gasteiger partial charge is 0.366 e. The van der Waals surface area contributed by atoms with Gasteiger partial charge < -0.3 is 11.1 Å². The summed E-state index contributed by atoms with van der Waals surface area (Å²) in [6.07, 6.45) is 3.95. The van der Waals surface area contributed by atoms with Crippen LogP contribution in [0, 0.1) is 5.41 Å². The molecule has 0 unspecified atom stereocenters. The van der Waals surface area contributed by atoms with Crippen molar-refractivity contribution in [1.29, 1.82) is 5.41 Å². The third-order valence-electron chi connectivity index (χ3n) is 3.69. The topological polar surface area (TPSA) is 126 Å². The lowest BCUT2D eigenvalue weighted by Gasteiger charge is -2.12. The summed E-state index contributed by atoms with van der Waals surface area (Å²) < 4.78 is 1.64. The second-order valence-electron chi connectivity index (χ2n) is 5.42. The number of nitrogens with one attached hydrogen (secondary N) is 3. The van der Waals surface area contributed by atoms with Gasteiger partial charge in [-0.05, 0) is 31.0 Å². The Balaban J connectivity index is 2.04. The van der Waals surface area contributed by atoms with E-state index in [1.807, 2.05) is 0 Å². The molecule has 124 valence electrons. The number of primary amides is 1. The molecule has 8 nitrogen and oxygen atoms in total. The molecule has 0 bridgehead atoms. The molecule has 0 aliphatic heterocycles. The molecule has 1 fully saturated rings. The maximum atomic E-state index is 11.4. The predicted molar refractivity (Wildman–Crippen MR) is 89.6 cm³/mol. The Morgan fingerprint density at radius 1 is 1.46 bits per heavy atom. The summed E-state index contributed by atoms with van der Waals surface area (Å²) in [6.45, 7) is 0. The van der Waals surface area contributed by atoms with Crippen LogP contribution in [0.1, 0.15) is 34.8 Å². The fourth-order valence-corrected chi connectivity index (χ4v) is 2.65. The lowest BCUT2D eigenvalue weighted by molar-refractivity contribution is -0.108. The summed E-state index contributed by atoms with van der Waals surface area (Å²) in [5, 5.41) is 17.4. The summed E-state index contributed by atoms with van der Waals surface area (Å²) in [4.78, 5) is 21.9. The van der Waals surface area contributed by atoms with E-state index in [1.165, 1.54) is 0 Å². The highest BCUT2D eigenvalue weighted by Gasteiger charge is 2.31. The Bertz CT molecular complexity index is 827. The highest BCUT2D eigenvalue weighted by Crippen LogP contribution is 2.44. The molecule has 1 aromatic heterocycles. The van der Waals surface area contributed by atoms with Gasteiger partial charge in [0, 0.05) is 11.5 Å². The molecule has 1 heterocycles. The molecule has 5 N–H and O–H groups in total. The van der Waals surface area contributed by atoms with Crippen molar-refractivity contribution in [2.45, 2.75) is 18.8 Å². The average Bonchev–Trinajstić information content (AvgIpc) is 3.29. The number of halogens is 1. The van der Waals surface area contributed by atoms with Gasteiger partial charge in [-0.3, -0.25) is 20.3 Å². The third kappa shape index (κ3) is 3.09. The average molecular weight is 347 g/mol. The van der Waals surface area contributed by atoms with Gasteiger partial charge in [0.15, 0.2) is 5.96 Å². The van der Waals surface area contributed by atoms with Crippen molar-refractivity contribution >= 4 is 35.6 Å². The van der Waals surface area contributed by atoms with Crippen molar-refractivity contribution in [3.05, 3.63) is 40.7 Å². The van der Waals surface area contributed by atoms with E-state index in [0.717, 1.165) is 18.5 Å². The Labute approximate surface area is 142 Å². The maximum absolute atomic E-state index is 11.4. The summed E-state index contributed by atoms with van der Waals surface area (Å²) in [7, 11) is 0. The van der Waals surface area contributed by atoms with E-state index < -0.39 is 5.91 Å². The number of amides is 2. The molecule has 24 heavy (non-hydrogen) atoms. The zero-order valence-electron chi connectivity index (χ0n) is 12.5. The van der Waals surface area contributed by atoms with Gasteiger partial charge in [-0.15, -0.1) is 0 Å². The quantitative estimate of drug-likeness (QED) is 0.372. The maximum Gasteiger partial charge on any atom is 0.248 e. The van der Waals surface area contributed by atoms with Crippen LogP contribution in [-0.4, -0.2) is 28.1 Å². The van der Waals surface area contributed by atoms with Gasteiger partial charge in [0.2, 0.25) is 12.3 Å². The minimum atomic E-state index is -0.552. The van der Waals surface area contributed by atoms with E-state index in [1.54, 1.807) is 29.1 Å². The number of carbonyl (C=O) groups is 2. The number of hydrogen-bond donors (Lipinski definition) is 4. The second-order valence-corrected chi connectivity index (χ2v) is 5.83. The number of aromatic nitrogens is 2. The lowest BCUT2D eigenvalue weighted by atomic mass is 10.1. The molecule has 2 aromatic rings. The van der Waals surface area contributed by atoms with E-state index in [4.69, 9.17) is 22.7 Å². The van der Waals surface area contributed by atoms with E-state index in [2.05, 4.69) is 15.7 Å². The predicted octanol–water partition coefficient (Wildman–Crippen LogP) is 1.59. The van der Waals surface area contributed by atoms with Crippen LogP contribution in [0.2, 0.25) is 5.02 Å². The van der Waals surface area contributed by atoms with Crippen LogP contribution in [0.25, 0.3) is 5.69 Å². The number of guanidine groups is 1. The highest BCUT2D eigenvalue weighted by atomic mass is 35.5. The first-order valence-electron chi connectivity index (χ1n) is 7.24. The lowest BCUT2D eigenvalue weighted by Crippen LogP contribution is -2.28. The normalized spacial score (nSPS) is 13.4. The van der Waals surface area contributed by atoms with Gasteiger partial charge in [0.25, 0.3) is 0 Å². The summed E-state index contributed by atoms with van der Waals surface area (Å²) in [5.74, 6) is -0.431. The molecule has 1 aromatic carbocycles. The molecule has 0 atom stereocenters. The van der Waals surface area contributed by atoms with E-state index in [0.29, 0.717) is 28.4 Å². The number of benzene rings is 1. The Hall–Kier alpha value is -2.87. The number of nitrogens with two attached hydrogens (primary N) is 1. The van der Waals surface area contributed by atoms with Crippen molar-refractivity contribution in [3.8, 4) is 5.69 Å². The zero-order chi connectivity index (χ0) is 17.3. The Kier molecular flexibility index (Phi) is 4.22. The van der Waals surface area contributed by atoms with Crippen LogP contribution in [0.5, 0.6) is 0 Å². The first kappa shape index (κ1) is 16.0. The summed E-state index contributed by atoms with van der Waals surface area (Å²) in [5.41, 5.74) is 7.65. The second kappa shape index (κ2) is 6.32. The molecule has 1 aliphatic carbocycles. The van der Waals surface area contributed by atoms with Gasteiger partial charge in [-0.2, -0.15) is 5.10 Å². The van der Waals surface area contributed by atoms with Crippen LogP contribution in [0.15, 0.2) is 24.4 Å². The summed E-state index contributed by atoms with van der Waals surface area (Å²) >= 11 is 6.26. The number of nitrogens with zero attached hydrogens (tertiary/aromatic N) is 2. The Morgan fingerprint density at radius 2 is 2.21 bits per heavy atom.